The smallest absolute Gasteiger partial charge is 0.416 e. The van der Waals surface area contributed by atoms with Crippen LogP contribution in [-0.4, -0.2) is 55.2 Å². The van der Waals surface area contributed by atoms with Gasteiger partial charge in [-0.2, -0.15) is 13.2 Å². The number of benzene rings is 2. The fourth-order valence-corrected chi connectivity index (χ4v) is 4.18. The third kappa shape index (κ3) is 6.24. The first-order valence-corrected chi connectivity index (χ1v) is 11.4. The van der Waals surface area contributed by atoms with Crippen LogP contribution >= 0.6 is 11.6 Å². The summed E-state index contributed by atoms with van der Waals surface area (Å²) in [6, 6.07) is 8.60. The number of alkyl halides is 3. The molecule has 0 spiro atoms. The Morgan fingerprint density at radius 3 is 2.43 bits per heavy atom. The molecule has 2 aliphatic rings. The van der Waals surface area contributed by atoms with E-state index >= 15 is 0 Å². The third-order valence-electron chi connectivity index (χ3n) is 6.08. The van der Waals surface area contributed by atoms with Crippen LogP contribution in [0.5, 0.6) is 5.75 Å². The van der Waals surface area contributed by atoms with E-state index in [1.54, 1.807) is 4.90 Å². The molecule has 0 aromatic heterocycles. The zero-order valence-corrected chi connectivity index (χ0v) is 19.2. The van der Waals surface area contributed by atoms with Crippen molar-refractivity contribution in [2.45, 2.75) is 37.1 Å². The van der Waals surface area contributed by atoms with Crippen molar-refractivity contribution in [1.29, 1.82) is 0 Å². The number of carbonyl (C=O) groups excluding carboxylic acids is 2. The van der Waals surface area contributed by atoms with Gasteiger partial charge in [0.1, 0.15) is 17.7 Å². The SMILES string of the molecule is O=C(COc1ccc(Cl)c(F)c1)N[C@@H]1CC[C@@H](C(=O)N2CC(c3ccc(C(F)(F)F)cc3)C2)OC1. The Hall–Kier alpha value is -2.85. The summed E-state index contributed by atoms with van der Waals surface area (Å²) < 4.78 is 62.5. The summed E-state index contributed by atoms with van der Waals surface area (Å²) in [5.74, 6) is -1.04. The summed E-state index contributed by atoms with van der Waals surface area (Å²) in [7, 11) is 0. The Balaban J connectivity index is 1.17. The van der Waals surface area contributed by atoms with E-state index in [1.807, 2.05) is 0 Å². The van der Waals surface area contributed by atoms with Gasteiger partial charge in [0.25, 0.3) is 11.8 Å². The molecule has 6 nitrogen and oxygen atoms in total. The van der Waals surface area contributed by atoms with E-state index in [9.17, 15) is 27.2 Å². The minimum absolute atomic E-state index is 0.00836. The first kappa shape index (κ1) is 25.2. The van der Waals surface area contributed by atoms with Crippen LogP contribution in [0.4, 0.5) is 17.6 Å². The van der Waals surface area contributed by atoms with E-state index in [0.29, 0.717) is 25.9 Å². The van der Waals surface area contributed by atoms with Crippen LogP contribution in [0.25, 0.3) is 0 Å². The molecule has 2 saturated heterocycles. The Morgan fingerprint density at radius 2 is 1.83 bits per heavy atom. The van der Waals surface area contributed by atoms with Crippen molar-refractivity contribution < 1.29 is 36.6 Å². The van der Waals surface area contributed by atoms with Crippen molar-refractivity contribution in [3.8, 4) is 5.75 Å². The van der Waals surface area contributed by atoms with Gasteiger partial charge >= 0.3 is 6.18 Å². The van der Waals surface area contributed by atoms with Crippen molar-refractivity contribution in [3.05, 3.63) is 64.4 Å². The zero-order valence-electron chi connectivity index (χ0n) is 18.5. The van der Waals surface area contributed by atoms with Gasteiger partial charge in [-0.1, -0.05) is 23.7 Å². The molecule has 2 amide bonds. The van der Waals surface area contributed by atoms with Crippen LogP contribution in [0.2, 0.25) is 5.02 Å². The maximum atomic E-state index is 13.4. The fourth-order valence-electron chi connectivity index (χ4n) is 4.06. The molecular weight excluding hydrogens is 492 g/mol. The number of ether oxygens (including phenoxy) is 2. The Bertz CT molecular complexity index is 1070. The molecule has 2 atom stereocenters. The summed E-state index contributed by atoms with van der Waals surface area (Å²) in [5, 5.41) is 2.72. The lowest BCUT2D eigenvalue weighted by atomic mass is 9.90. The fraction of sp³-hybridized carbons (Fsp3) is 0.417. The standard InChI is InChI=1S/C24H23ClF4N2O4/c25-19-7-6-18(9-20(19)26)34-13-22(32)30-17-5-8-21(35-12-17)23(33)31-10-15(11-31)14-1-3-16(4-2-14)24(27,28)29/h1-4,6-7,9,15,17,21H,5,8,10-13H2,(H,30,32)/t17-,21+/m1/s1. The summed E-state index contributed by atoms with van der Waals surface area (Å²) in [6.45, 7) is 0.701. The molecule has 0 aliphatic carbocycles. The molecule has 0 bridgehead atoms. The van der Waals surface area contributed by atoms with E-state index < -0.39 is 29.6 Å². The first-order chi connectivity index (χ1) is 16.6. The van der Waals surface area contributed by atoms with Crippen LogP contribution in [0.15, 0.2) is 42.5 Å². The highest BCUT2D eigenvalue weighted by Crippen LogP contribution is 2.33. The number of nitrogens with zero attached hydrogens (tertiary/aromatic N) is 1. The molecule has 11 heteroatoms. The average Bonchev–Trinajstić information content (AvgIpc) is 2.79. The zero-order chi connectivity index (χ0) is 25.2. The van der Waals surface area contributed by atoms with Gasteiger partial charge in [-0.3, -0.25) is 9.59 Å². The van der Waals surface area contributed by atoms with Crippen molar-refractivity contribution >= 4 is 23.4 Å². The van der Waals surface area contributed by atoms with Crippen LogP contribution in [0.3, 0.4) is 0 Å². The third-order valence-corrected chi connectivity index (χ3v) is 6.39. The van der Waals surface area contributed by atoms with Crippen LogP contribution < -0.4 is 10.1 Å². The van der Waals surface area contributed by atoms with Gasteiger partial charge in [-0.25, -0.2) is 4.39 Å². The summed E-state index contributed by atoms with van der Waals surface area (Å²) in [6.07, 6.45) is -4.04. The highest BCUT2D eigenvalue weighted by Gasteiger charge is 2.38. The van der Waals surface area contributed by atoms with Crippen molar-refractivity contribution in [2.24, 2.45) is 0 Å². The van der Waals surface area contributed by atoms with E-state index in [1.165, 1.54) is 24.3 Å². The number of rotatable bonds is 6. The highest BCUT2D eigenvalue weighted by molar-refractivity contribution is 6.30. The maximum Gasteiger partial charge on any atom is 0.416 e. The maximum absolute atomic E-state index is 13.4. The minimum Gasteiger partial charge on any atom is -0.484 e. The Kier molecular flexibility index (Phi) is 7.51. The van der Waals surface area contributed by atoms with E-state index in [4.69, 9.17) is 21.1 Å². The van der Waals surface area contributed by atoms with Crippen LogP contribution in [-0.2, 0) is 20.5 Å². The van der Waals surface area contributed by atoms with E-state index in [0.717, 1.165) is 23.8 Å². The second-order valence-corrected chi connectivity index (χ2v) is 9.00. The topological polar surface area (TPSA) is 67.9 Å². The van der Waals surface area contributed by atoms with Gasteiger partial charge in [0.15, 0.2) is 6.61 Å². The van der Waals surface area contributed by atoms with E-state index in [-0.39, 0.29) is 41.9 Å². The van der Waals surface area contributed by atoms with Gasteiger partial charge in [-0.05, 0) is 42.7 Å². The lowest BCUT2D eigenvalue weighted by molar-refractivity contribution is -0.152. The number of nitrogens with one attached hydrogen (secondary N) is 1. The summed E-state index contributed by atoms with van der Waals surface area (Å²) in [5.41, 5.74) is 0.0640. The molecule has 35 heavy (non-hydrogen) atoms. The predicted molar refractivity (Wildman–Crippen MR) is 119 cm³/mol. The molecule has 1 N–H and O–H groups in total. The first-order valence-electron chi connectivity index (χ1n) is 11.0. The molecule has 2 aromatic carbocycles. The minimum atomic E-state index is -4.38. The molecule has 2 aromatic rings. The quantitative estimate of drug-likeness (QED) is 0.588. The molecular formula is C24H23ClF4N2O4. The number of hydrogen-bond acceptors (Lipinski definition) is 4. The number of halogens is 5. The van der Waals surface area contributed by atoms with Gasteiger partial charge in [0.2, 0.25) is 0 Å². The summed E-state index contributed by atoms with van der Waals surface area (Å²) in [4.78, 5) is 26.4. The Labute approximate surface area is 204 Å². The molecule has 0 unspecified atom stereocenters. The second-order valence-electron chi connectivity index (χ2n) is 8.59. The van der Waals surface area contributed by atoms with E-state index in [2.05, 4.69) is 5.32 Å². The number of amides is 2. The molecule has 0 radical (unpaired) electrons. The lowest BCUT2D eigenvalue weighted by Gasteiger charge is -2.42. The predicted octanol–water partition coefficient (Wildman–Crippen LogP) is 4.17. The van der Waals surface area contributed by atoms with Gasteiger partial charge in [0, 0.05) is 25.1 Å². The van der Waals surface area contributed by atoms with Crippen LogP contribution in [0, 0.1) is 5.82 Å². The monoisotopic (exact) mass is 514 g/mol. The number of hydrogen-bond donors (Lipinski definition) is 1. The van der Waals surface area contributed by atoms with Crippen molar-refractivity contribution in [1.82, 2.24) is 10.2 Å². The molecule has 4 rings (SSSR count). The second kappa shape index (κ2) is 10.4. The van der Waals surface area contributed by atoms with Gasteiger partial charge in [-0.15, -0.1) is 0 Å². The summed E-state index contributed by atoms with van der Waals surface area (Å²) >= 11 is 5.61. The molecule has 2 aliphatic heterocycles. The number of carbonyl (C=O) groups is 2. The molecule has 188 valence electrons. The highest BCUT2D eigenvalue weighted by atomic mass is 35.5. The molecule has 2 heterocycles. The normalized spacial score (nSPS) is 20.8. The molecule has 0 saturated carbocycles. The average molecular weight is 515 g/mol. The Morgan fingerprint density at radius 1 is 1.11 bits per heavy atom. The largest absolute Gasteiger partial charge is 0.484 e. The van der Waals surface area contributed by atoms with Crippen molar-refractivity contribution in [2.75, 3.05) is 26.3 Å². The van der Waals surface area contributed by atoms with Crippen molar-refractivity contribution in [3.63, 3.8) is 0 Å². The van der Waals surface area contributed by atoms with Crippen LogP contribution in [0.1, 0.15) is 29.9 Å². The van der Waals surface area contributed by atoms with Gasteiger partial charge in [0.05, 0.1) is 23.2 Å². The van der Waals surface area contributed by atoms with Gasteiger partial charge < -0.3 is 19.7 Å². The lowest BCUT2D eigenvalue weighted by Crippen LogP contribution is -2.54. The molecule has 2 fully saturated rings. The number of likely N-dealkylation sites (tertiary alicyclic amines) is 1.